The topological polar surface area (TPSA) is 24.1 Å². The summed E-state index contributed by atoms with van der Waals surface area (Å²) in [6.45, 7) is 1.46. The Labute approximate surface area is 87.7 Å². The molecule has 1 fully saturated rings. The molecular weight excluding hydrogens is 198 g/mol. The molecule has 0 unspecified atom stereocenters. The summed E-state index contributed by atoms with van der Waals surface area (Å²) in [7, 11) is 0. The number of halogens is 2. The van der Waals surface area contributed by atoms with Crippen LogP contribution in [-0.2, 0) is 0 Å². The van der Waals surface area contributed by atoms with E-state index in [1.165, 1.54) is 25.0 Å². The zero-order valence-corrected chi connectivity index (χ0v) is 8.39. The van der Waals surface area contributed by atoms with E-state index in [1.54, 1.807) is 0 Å². The second-order valence-corrected chi connectivity index (χ2v) is 3.78. The molecule has 0 heterocycles. The van der Waals surface area contributed by atoms with Gasteiger partial charge < -0.3 is 10.6 Å². The van der Waals surface area contributed by atoms with Crippen LogP contribution >= 0.6 is 0 Å². The van der Waals surface area contributed by atoms with Gasteiger partial charge in [0.15, 0.2) is 0 Å². The van der Waals surface area contributed by atoms with Gasteiger partial charge in [-0.1, -0.05) is 0 Å². The predicted octanol–water partition coefficient (Wildman–Crippen LogP) is 2.13. The van der Waals surface area contributed by atoms with Gasteiger partial charge in [-0.2, -0.15) is 0 Å². The second-order valence-electron chi connectivity index (χ2n) is 3.78. The molecule has 0 saturated heterocycles. The first kappa shape index (κ1) is 10.4. The molecule has 0 radical (unpaired) electrons. The Bertz CT molecular complexity index is 337. The monoisotopic (exact) mass is 212 g/mol. The van der Waals surface area contributed by atoms with Gasteiger partial charge in [-0.15, -0.1) is 0 Å². The van der Waals surface area contributed by atoms with Crippen LogP contribution in [0.4, 0.5) is 14.5 Å². The van der Waals surface area contributed by atoms with E-state index in [-0.39, 0.29) is 0 Å². The van der Waals surface area contributed by atoms with Crippen molar-refractivity contribution in [3.05, 3.63) is 29.8 Å². The third-order valence-electron chi connectivity index (χ3n) is 2.38. The smallest absolute Gasteiger partial charge is 0.149 e. The normalized spacial score (nSPS) is 15.3. The van der Waals surface area contributed by atoms with Gasteiger partial charge in [0.1, 0.15) is 11.6 Å². The lowest BCUT2D eigenvalue weighted by Gasteiger charge is -2.07. The van der Waals surface area contributed by atoms with E-state index in [9.17, 15) is 8.78 Å². The Kier molecular flexibility index (Phi) is 3.16. The largest absolute Gasteiger partial charge is 0.381 e. The molecule has 0 aromatic heterocycles. The zero-order valence-electron chi connectivity index (χ0n) is 8.39. The molecule has 1 aromatic rings. The minimum Gasteiger partial charge on any atom is -0.381 e. The SMILES string of the molecule is Fc1ccc(NCCNC2CC2)c(F)c1. The Balaban J connectivity index is 1.76. The summed E-state index contributed by atoms with van der Waals surface area (Å²) in [5.74, 6) is -1.09. The number of rotatable bonds is 5. The van der Waals surface area contributed by atoms with Gasteiger partial charge in [-0.25, -0.2) is 8.78 Å². The van der Waals surface area contributed by atoms with Gasteiger partial charge in [-0.05, 0) is 25.0 Å². The van der Waals surface area contributed by atoms with Crippen LogP contribution in [0.5, 0.6) is 0 Å². The average Bonchev–Trinajstić information content (AvgIpc) is 2.99. The molecule has 0 atom stereocenters. The van der Waals surface area contributed by atoms with E-state index in [0.29, 0.717) is 18.3 Å². The van der Waals surface area contributed by atoms with Gasteiger partial charge >= 0.3 is 0 Å². The van der Waals surface area contributed by atoms with Gasteiger partial charge in [0.25, 0.3) is 0 Å². The summed E-state index contributed by atoms with van der Waals surface area (Å²) in [5, 5.41) is 6.22. The molecule has 0 spiro atoms. The highest BCUT2D eigenvalue weighted by atomic mass is 19.1. The van der Waals surface area contributed by atoms with Crippen molar-refractivity contribution in [3.63, 3.8) is 0 Å². The zero-order chi connectivity index (χ0) is 10.7. The van der Waals surface area contributed by atoms with Gasteiger partial charge in [0.05, 0.1) is 5.69 Å². The molecule has 1 aliphatic rings. The van der Waals surface area contributed by atoms with E-state index in [0.717, 1.165) is 12.6 Å². The average molecular weight is 212 g/mol. The van der Waals surface area contributed by atoms with Crippen LogP contribution in [-0.4, -0.2) is 19.1 Å². The molecule has 1 saturated carbocycles. The highest BCUT2D eigenvalue weighted by Gasteiger charge is 2.19. The van der Waals surface area contributed by atoms with Gasteiger partial charge in [0, 0.05) is 25.2 Å². The van der Waals surface area contributed by atoms with Gasteiger partial charge in [0.2, 0.25) is 0 Å². The van der Waals surface area contributed by atoms with Crippen LogP contribution in [0.3, 0.4) is 0 Å². The molecule has 2 rings (SSSR count). The number of nitrogens with one attached hydrogen (secondary N) is 2. The van der Waals surface area contributed by atoms with Crippen molar-refractivity contribution >= 4 is 5.69 Å². The fourth-order valence-corrected chi connectivity index (χ4v) is 1.39. The minimum absolute atomic E-state index is 0.356. The summed E-state index contributed by atoms with van der Waals surface area (Å²) in [6.07, 6.45) is 2.48. The third-order valence-corrected chi connectivity index (χ3v) is 2.38. The van der Waals surface area contributed by atoms with Crippen molar-refractivity contribution < 1.29 is 8.78 Å². The lowest BCUT2D eigenvalue weighted by Crippen LogP contribution is -2.24. The molecule has 2 nitrogen and oxygen atoms in total. The summed E-state index contributed by atoms with van der Waals surface area (Å²) in [5.41, 5.74) is 0.356. The fourth-order valence-electron chi connectivity index (χ4n) is 1.39. The molecular formula is C11H14F2N2. The van der Waals surface area contributed by atoms with Crippen LogP contribution in [0.25, 0.3) is 0 Å². The van der Waals surface area contributed by atoms with Crippen molar-refractivity contribution in [2.75, 3.05) is 18.4 Å². The Morgan fingerprint density at radius 3 is 2.67 bits per heavy atom. The quantitative estimate of drug-likeness (QED) is 0.731. The summed E-state index contributed by atoms with van der Waals surface area (Å²) in [6, 6.07) is 4.21. The molecule has 1 aliphatic carbocycles. The lowest BCUT2D eigenvalue weighted by atomic mass is 10.3. The summed E-state index contributed by atoms with van der Waals surface area (Å²) in [4.78, 5) is 0. The first-order valence-corrected chi connectivity index (χ1v) is 5.18. The first-order valence-electron chi connectivity index (χ1n) is 5.18. The van der Waals surface area contributed by atoms with E-state index in [2.05, 4.69) is 10.6 Å². The molecule has 15 heavy (non-hydrogen) atoms. The standard InChI is InChI=1S/C11H14F2N2/c12-8-1-4-11(10(13)7-8)15-6-5-14-9-2-3-9/h1,4,7,9,14-15H,2-3,5-6H2. The van der Waals surface area contributed by atoms with Crippen molar-refractivity contribution in [2.24, 2.45) is 0 Å². The van der Waals surface area contributed by atoms with Crippen molar-refractivity contribution in [1.29, 1.82) is 0 Å². The Morgan fingerprint density at radius 1 is 1.20 bits per heavy atom. The molecule has 82 valence electrons. The molecule has 0 bridgehead atoms. The summed E-state index contributed by atoms with van der Waals surface area (Å²) >= 11 is 0. The number of hydrogen-bond donors (Lipinski definition) is 2. The Morgan fingerprint density at radius 2 is 2.00 bits per heavy atom. The highest BCUT2D eigenvalue weighted by molar-refractivity contribution is 5.44. The van der Waals surface area contributed by atoms with Crippen molar-refractivity contribution in [1.82, 2.24) is 5.32 Å². The number of anilines is 1. The summed E-state index contributed by atoms with van der Waals surface area (Å²) < 4.78 is 25.7. The predicted molar refractivity (Wildman–Crippen MR) is 55.9 cm³/mol. The van der Waals surface area contributed by atoms with Crippen LogP contribution < -0.4 is 10.6 Å². The number of hydrogen-bond acceptors (Lipinski definition) is 2. The first-order chi connectivity index (χ1) is 7.25. The fraction of sp³-hybridized carbons (Fsp3) is 0.455. The van der Waals surface area contributed by atoms with Crippen LogP contribution in [0.1, 0.15) is 12.8 Å². The van der Waals surface area contributed by atoms with E-state index in [1.807, 2.05) is 0 Å². The van der Waals surface area contributed by atoms with Gasteiger partial charge in [-0.3, -0.25) is 0 Å². The third kappa shape index (κ3) is 3.16. The second kappa shape index (κ2) is 4.57. The maximum Gasteiger partial charge on any atom is 0.149 e. The van der Waals surface area contributed by atoms with Crippen LogP contribution in [0.2, 0.25) is 0 Å². The Hall–Kier alpha value is -1.16. The van der Waals surface area contributed by atoms with E-state index in [4.69, 9.17) is 0 Å². The molecule has 0 amide bonds. The maximum atomic E-state index is 13.1. The van der Waals surface area contributed by atoms with Crippen molar-refractivity contribution in [2.45, 2.75) is 18.9 Å². The number of benzene rings is 1. The maximum absolute atomic E-state index is 13.1. The van der Waals surface area contributed by atoms with Crippen molar-refractivity contribution in [3.8, 4) is 0 Å². The molecule has 0 aliphatic heterocycles. The highest BCUT2D eigenvalue weighted by Crippen LogP contribution is 2.18. The van der Waals surface area contributed by atoms with E-state index < -0.39 is 11.6 Å². The molecule has 4 heteroatoms. The molecule has 2 N–H and O–H groups in total. The molecule has 1 aromatic carbocycles. The lowest BCUT2D eigenvalue weighted by molar-refractivity contribution is 0.584. The minimum atomic E-state index is -0.547. The van der Waals surface area contributed by atoms with Crippen LogP contribution in [0, 0.1) is 11.6 Å². The van der Waals surface area contributed by atoms with E-state index >= 15 is 0 Å². The van der Waals surface area contributed by atoms with Crippen LogP contribution in [0.15, 0.2) is 18.2 Å².